The maximum atomic E-state index is 12.5. The van der Waals surface area contributed by atoms with Crippen LogP contribution < -0.4 is 10.6 Å². The molecule has 23 heavy (non-hydrogen) atoms. The van der Waals surface area contributed by atoms with E-state index in [0.717, 1.165) is 30.8 Å². The zero-order valence-electron chi connectivity index (χ0n) is 13.8. The van der Waals surface area contributed by atoms with Gasteiger partial charge in [0.15, 0.2) is 0 Å². The Hall–Kier alpha value is -1.88. The third-order valence-electron chi connectivity index (χ3n) is 5.17. The van der Waals surface area contributed by atoms with E-state index in [1.165, 1.54) is 0 Å². The highest BCUT2D eigenvalue weighted by Gasteiger charge is 2.30. The van der Waals surface area contributed by atoms with Gasteiger partial charge in [-0.15, -0.1) is 0 Å². The molecule has 2 aliphatic heterocycles. The van der Waals surface area contributed by atoms with Gasteiger partial charge in [-0.25, -0.2) is 0 Å². The summed E-state index contributed by atoms with van der Waals surface area (Å²) in [5.74, 6) is 0.0974. The summed E-state index contributed by atoms with van der Waals surface area (Å²) in [4.78, 5) is 26.7. The predicted molar refractivity (Wildman–Crippen MR) is 90.1 cm³/mol. The molecule has 5 nitrogen and oxygen atoms in total. The molecule has 1 aromatic carbocycles. The molecular weight excluding hydrogens is 290 g/mol. The molecule has 1 fully saturated rings. The molecule has 2 N–H and O–H groups in total. The molecule has 3 atom stereocenters. The lowest BCUT2D eigenvalue weighted by molar-refractivity contribution is -0.135. The van der Waals surface area contributed by atoms with Gasteiger partial charge in [0.25, 0.3) is 0 Å². The van der Waals surface area contributed by atoms with Gasteiger partial charge in [-0.05, 0) is 38.3 Å². The van der Waals surface area contributed by atoms with Gasteiger partial charge in [0.05, 0.1) is 0 Å². The van der Waals surface area contributed by atoms with E-state index in [4.69, 9.17) is 0 Å². The average Bonchev–Trinajstić information content (AvgIpc) is 2.55. The smallest absolute Gasteiger partial charge is 0.227 e. The Morgan fingerprint density at radius 1 is 1.30 bits per heavy atom. The summed E-state index contributed by atoms with van der Waals surface area (Å²) in [5.41, 5.74) is 2.07. The number of carbonyl (C=O) groups is 2. The number of para-hydroxylation sites is 1. The van der Waals surface area contributed by atoms with Crippen LogP contribution in [0.2, 0.25) is 0 Å². The van der Waals surface area contributed by atoms with Crippen LogP contribution in [0.3, 0.4) is 0 Å². The monoisotopic (exact) mass is 315 g/mol. The number of piperazine rings is 1. The van der Waals surface area contributed by atoms with Crippen molar-refractivity contribution >= 4 is 17.5 Å². The molecule has 1 aromatic rings. The van der Waals surface area contributed by atoms with Crippen LogP contribution in [0.15, 0.2) is 24.3 Å². The van der Waals surface area contributed by atoms with Crippen molar-refractivity contribution in [3.05, 3.63) is 29.8 Å². The fraction of sp³-hybridized carbons (Fsp3) is 0.556. The largest absolute Gasteiger partial charge is 0.337 e. The maximum Gasteiger partial charge on any atom is 0.227 e. The van der Waals surface area contributed by atoms with E-state index >= 15 is 0 Å². The Morgan fingerprint density at radius 3 is 2.91 bits per heavy atom. The molecule has 0 aromatic heterocycles. The first-order chi connectivity index (χ1) is 11.1. The molecule has 2 amide bonds. The van der Waals surface area contributed by atoms with Crippen molar-refractivity contribution in [2.24, 2.45) is 5.92 Å². The topological polar surface area (TPSA) is 61.4 Å². The molecule has 2 heterocycles. The van der Waals surface area contributed by atoms with Crippen LogP contribution in [0.5, 0.6) is 0 Å². The molecule has 0 radical (unpaired) electrons. The van der Waals surface area contributed by atoms with Gasteiger partial charge in [-0.2, -0.15) is 0 Å². The first-order valence-electron chi connectivity index (χ1n) is 8.48. The van der Waals surface area contributed by atoms with Gasteiger partial charge in [0.2, 0.25) is 11.8 Å². The molecule has 0 spiro atoms. The Kier molecular flexibility index (Phi) is 4.66. The second-order valence-corrected chi connectivity index (χ2v) is 6.66. The average molecular weight is 315 g/mol. The van der Waals surface area contributed by atoms with Crippen molar-refractivity contribution in [1.29, 1.82) is 0 Å². The molecule has 3 rings (SSSR count). The van der Waals surface area contributed by atoms with Crippen molar-refractivity contribution in [3.63, 3.8) is 0 Å². The lowest BCUT2D eigenvalue weighted by Gasteiger charge is -2.39. The number of carbonyl (C=O) groups excluding carboxylic acids is 2. The van der Waals surface area contributed by atoms with Gasteiger partial charge in [-0.1, -0.05) is 18.2 Å². The summed E-state index contributed by atoms with van der Waals surface area (Å²) in [6.07, 6.45) is 1.78. The lowest BCUT2D eigenvalue weighted by atomic mass is 9.89. The van der Waals surface area contributed by atoms with Crippen LogP contribution in [-0.2, 0) is 16.0 Å². The van der Waals surface area contributed by atoms with Gasteiger partial charge in [-0.3, -0.25) is 9.59 Å². The standard InChI is InChI=1S/C18H25N3O2/c1-12-13(2)21(10-9-19-12)17(22)8-7-15-11-14-5-3-4-6-16(14)20-18(15)23/h3-6,12-13,15,19H,7-11H2,1-2H3,(H,20,23). The summed E-state index contributed by atoms with van der Waals surface area (Å²) in [6, 6.07) is 8.41. The number of hydrogen-bond acceptors (Lipinski definition) is 3. The molecule has 5 heteroatoms. The van der Waals surface area contributed by atoms with E-state index in [9.17, 15) is 9.59 Å². The van der Waals surface area contributed by atoms with E-state index in [2.05, 4.69) is 24.5 Å². The first-order valence-corrected chi connectivity index (χ1v) is 8.48. The van der Waals surface area contributed by atoms with Crippen molar-refractivity contribution in [2.75, 3.05) is 18.4 Å². The first kappa shape index (κ1) is 16.0. The fourth-order valence-corrected chi connectivity index (χ4v) is 3.50. The number of hydrogen-bond donors (Lipinski definition) is 2. The normalized spacial score (nSPS) is 27.3. The number of benzene rings is 1. The van der Waals surface area contributed by atoms with E-state index in [0.29, 0.717) is 18.9 Å². The highest BCUT2D eigenvalue weighted by molar-refractivity contribution is 5.96. The second-order valence-electron chi connectivity index (χ2n) is 6.66. The molecule has 2 aliphatic rings. The minimum atomic E-state index is -0.107. The summed E-state index contributed by atoms with van der Waals surface area (Å²) in [7, 11) is 0. The van der Waals surface area contributed by atoms with E-state index in [1.807, 2.05) is 29.2 Å². The highest BCUT2D eigenvalue weighted by atomic mass is 16.2. The van der Waals surface area contributed by atoms with Crippen molar-refractivity contribution < 1.29 is 9.59 Å². The minimum absolute atomic E-state index is 0.0400. The Bertz CT molecular complexity index is 602. The number of anilines is 1. The van der Waals surface area contributed by atoms with Crippen LogP contribution in [0, 0.1) is 5.92 Å². The highest BCUT2D eigenvalue weighted by Crippen LogP contribution is 2.27. The van der Waals surface area contributed by atoms with Gasteiger partial charge in [0, 0.05) is 43.2 Å². The molecule has 1 saturated heterocycles. The molecule has 0 bridgehead atoms. The second kappa shape index (κ2) is 6.71. The maximum absolute atomic E-state index is 12.5. The summed E-state index contributed by atoms with van der Waals surface area (Å²) in [6.45, 7) is 5.78. The van der Waals surface area contributed by atoms with E-state index in [-0.39, 0.29) is 23.8 Å². The minimum Gasteiger partial charge on any atom is -0.337 e. The summed E-state index contributed by atoms with van der Waals surface area (Å²) < 4.78 is 0. The van der Waals surface area contributed by atoms with Crippen LogP contribution in [0.4, 0.5) is 5.69 Å². The SMILES string of the molecule is CC1NCCN(C(=O)CCC2Cc3ccccc3NC2=O)C1C. The van der Waals surface area contributed by atoms with Crippen LogP contribution in [0.1, 0.15) is 32.3 Å². The molecule has 0 aliphatic carbocycles. The number of amides is 2. The lowest BCUT2D eigenvalue weighted by Crippen LogP contribution is -2.57. The molecule has 124 valence electrons. The van der Waals surface area contributed by atoms with Gasteiger partial charge in [0.1, 0.15) is 0 Å². The number of nitrogens with one attached hydrogen (secondary N) is 2. The van der Waals surface area contributed by atoms with Crippen LogP contribution in [0.25, 0.3) is 0 Å². The summed E-state index contributed by atoms with van der Waals surface area (Å²) in [5, 5.41) is 6.34. The van der Waals surface area contributed by atoms with Crippen molar-refractivity contribution in [2.45, 2.75) is 45.2 Å². The van der Waals surface area contributed by atoms with Crippen LogP contribution >= 0.6 is 0 Å². The number of fused-ring (bicyclic) bond motifs is 1. The zero-order chi connectivity index (χ0) is 16.4. The number of rotatable bonds is 3. The predicted octanol–water partition coefficient (Wildman–Crippen LogP) is 1.79. The van der Waals surface area contributed by atoms with Gasteiger partial charge >= 0.3 is 0 Å². The van der Waals surface area contributed by atoms with E-state index in [1.54, 1.807) is 0 Å². The quantitative estimate of drug-likeness (QED) is 0.894. The molecule has 0 saturated carbocycles. The van der Waals surface area contributed by atoms with Crippen molar-refractivity contribution in [3.8, 4) is 0 Å². The van der Waals surface area contributed by atoms with Gasteiger partial charge < -0.3 is 15.5 Å². The molecular formula is C18H25N3O2. The Labute approximate surface area is 137 Å². The third-order valence-corrected chi connectivity index (χ3v) is 5.17. The van der Waals surface area contributed by atoms with E-state index < -0.39 is 0 Å². The Morgan fingerprint density at radius 2 is 2.09 bits per heavy atom. The van der Waals surface area contributed by atoms with Crippen LogP contribution in [-0.4, -0.2) is 41.9 Å². The molecule has 3 unspecified atom stereocenters. The Balaban J connectivity index is 1.58. The number of nitrogens with zero attached hydrogens (tertiary/aromatic N) is 1. The third kappa shape index (κ3) is 3.39. The summed E-state index contributed by atoms with van der Waals surface area (Å²) >= 11 is 0. The fourth-order valence-electron chi connectivity index (χ4n) is 3.50. The van der Waals surface area contributed by atoms with Crippen molar-refractivity contribution in [1.82, 2.24) is 10.2 Å². The zero-order valence-corrected chi connectivity index (χ0v) is 13.8.